The first-order chi connectivity index (χ1) is 21.2. The van der Waals surface area contributed by atoms with Gasteiger partial charge in [0.15, 0.2) is 4.80 Å². The molecular formula is C32H21Cl2I2N3O3S2. The lowest BCUT2D eigenvalue weighted by molar-refractivity contribution is -0.113. The monoisotopic (exact) mass is 883 g/mol. The summed E-state index contributed by atoms with van der Waals surface area (Å²) in [5.74, 6) is 0.447. The summed E-state index contributed by atoms with van der Waals surface area (Å²) >= 11 is 19.6. The predicted molar refractivity (Wildman–Crippen MR) is 196 cm³/mol. The molecule has 222 valence electrons. The highest BCUT2D eigenvalue weighted by molar-refractivity contribution is 14.1. The number of hydrogen-bond donors (Lipinski definition) is 1. The van der Waals surface area contributed by atoms with Crippen molar-refractivity contribution in [2.75, 3.05) is 5.32 Å². The number of halogens is 4. The topological polar surface area (TPSA) is 72.7 Å². The Labute approximate surface area is 298 Å². The molecule has 0 unspecified atom stereocenters. The Hall–Kier alpha value is -2.49. The Balaban J connectivity index is 1.35. The van der Waals surface area contributed by atoms with Gasteiger partial charge in [0, 0.05) is 26.2 Å². The molecule has 3 aromatic carbocycles. The number of amides is 1. The number of aromatic nitrogens is 1. The molecule has 1 amide bonds. The zero-order valence-electron chi connectivity index (χ0n) is 22.8. The van der Waals surface area contributed by atoms with Crippen LogP contribution >= 0.6 is 91.1 Å². The first kappa shape index (κ1) is 31.5. The van der Waals surface area contributed by atoms with Crippen molar-refractivity contribution < 1.29 is 9.53 Å². The third-order valence-corrected chi connectivity index (χ3v) is 10.9. The molecule has 1 N–H and O–H groups in total. The quantitative estimate of drug-likeness (QED) is 0.169. The average Bonchev–Trinajstić information content (AvgIpc) is 3.62. The van der Waals surface area contributed by atoms with Gasteiger partial charge >= 0.3 is 0 Å². The molecule has 0 saturated heterocycles. The molecule has 1 aliphatic rings. The molecule has 0 fully saturated rings. The number of thiazole rings is 1. The van der Waals surface area contributed by atoms with Crippen LogP contribution in [-0.4, -0.2) is 10.5 Å². The number of anilines is 1. The van der Waals surface area contributed by atoms with Gasteiger partial charge < -0.3 is 10.1 Å². The molecule has 1 aliphatic heterocycles. The van der Waals surface area contributed by atoms with Crippen molar-refractivity contribution in [3.05, 3.63) is 142 Å². The third-order valence-electron chi connectivity index (χ3n) is 6.82. The molecule has 3 heterocycles. The zero-order chi connectivity index (χ0) is 31.0. The van der Waals surface area contributed by atoms with Crippen molar-refractivity contribution in [3.8, 4) is 5.75 Å². The largest absolute Gasteiger partial charge is 0.487 e. The molecular weight excluding hydrogens is 863 g/mol. The molecule has 6 nitrogen and oxygen atoms in total. The zero-order valence-corrected chi connectivity index (χ0v) is 30.3. The van der Waals surface area contributed by atoms with E-state index in [1.165, 1.54) is 22.7 Å². The molecule has 0 aliphatic carbocycles. The fourth-order valence-electron chi connectivity index (χ4n) is 4.79. The van der Waals surface area contributed by atoms with Gasteiger partial charge in [-0.3, -0.25) is 14.2 Å². The first-order valence-corrected chi connectivity index (χ1v) is 17.8. The minimum absolute atomic E-state index is 0.201. The van der Waals surface area contributed by atoms with E-state index in [1.807, 2.05) is 79.0 Å². The Morgan fingerprint density at radius 2 is 1.82 bits per heavy atom. The van der Waals surface area contributed by atoms with Crippen LogP contribution in [0.5, 0.6) is 5.75 Å². The Kier molecular flexibility index (Phi) is 9.64. The number of carbonyl (C=O) groups is 1. The maximum atomic E-state index is 14.0. The number of nitrogens with one attached hydrogen (secondary N) is 1. The highest BCUT2D eigenvalue weighted by Gasteiger charge is 2.33. The van der Waals surface area contributed by atoms with Gasteiger partial charge in [-0.15, -0.1) is 11.3 Å². The van der Waals surface area contributed by atoms with E-state index in [0.717, 1.165) is 28.9 Å². The molecule has 5 aromatic rings. The Bertz CT molecular complexity index is 2090. The fourth-order valence-corrected chi connectivity index (χ4v) is 9.25. The number of benzene rings is 3. The Morgan fingerprint density at radius 1 is 1.07 bits per heavy atom. The summed E-state index contributed by atoms with van der Waals surface area (Å²) in [6.07, 6.45) is 1.86. The lowest BCUT2D eigenvalue weighted by atomic mass is 10.0. The summed E-state index contributed by atoms with van der Waals surface area (Å²) in [6, 6.07) is 21.8. The van der Waals surface area contributed by atoms with Gasteiger partial charge in [0.25, 0.3) is 11.5 Å². The summed E-state index contributed by atoms with van der Waals surface area (Å²) in [5, 5.41) is 6.04. The molecule has 0 saturated carbocycles. The fraction of sp³-hybridized carbons (Fsp3) is 0.0938. The van der Waals surface area contributed by atoms with Crippen LogP contribution in [0.4, 0.5) is 5.69 Å². The number of rotatable bonds is 7. The van der Waals surface area contributed by atoms with Crippen molar-refractivity contribution in [2.45, 2.75) is 19.6 Å². The van der Waals surface area contributed by atoms with Crippen LogP contribution in [0.2, 0.25) is 10.0 Å². The Morgan fingerprint density at radius 3 is 2.50 bits per heavy atom. The number of nitrogens with zero attached hydrogens (tertiary/aromatic N) is 2. The predicted octanol–water partition coefficient (Wildman–Crippen LogP) is 8.03. The standard InChI is InChI=1S/C32H21Cl2I2N3O3S2/c1-17-27(30(40)38-21-6-3-2-4-7-21)28(25-8-5-11-43-25)39-31(41)26(44-32(39)37-17)14-18-12-23(35)29(24(36)13-18)42-16-19-9-10-20(33)15-22(19)34/h2-15,28H,16H2,1H3,(H,38,40)/b26-14-/t28-/m0/s1. The third kappa shape index (κ3) is 6.56. The number of carbonyl (C=O) groups excluding carboxylic acids is 1. The number of para-hydroxylation sites is 1. The highest BCUT2D eigenvalue weighted by atomic mass is 127. The van der Waals surface area contributed by atoms with Gasteiger partial charge in [-0.1, -0.05) is 64.9 Å². The number of thiophene rings is 1. The SMILES string of the molecule is CC1=C(C(=O)Nc2ccccc2)[C@H](c2cccs2)n2c(s/c(=C\c3cc(I)c(OCc4ccc(Cl)cc4Cl)c(I)c3)c2=O)=N1. The maximum absolute atomic E-state index is 14.0. The minimum Gasteiger partial charge on any atom is -0.487 e. The molecule has 0 bridgehead atoms. The van der Waals surface area contributed by atoms with Crippen LogP contribution in [0.15, 0.2) is 99.2 Å². The van der Waals surface area contributed by atoms with E-state index in [0.29, 0.717) is 42.9 Å². The molecule has 44 heavy (non-hydrogen) atoms. The average molecular weight is 884 g/mol. The van der Waals surface area contributed by atoms with Gasteiger partial charge in [-0.25, -0.2) is 4.99 Å². The molecule has 12 heteroatoms. The molecule has 6 rings (SSSR count). The van der Waals surface area contributed by atoms with E-state index in [1.54, 1.807) is 16.7 Å². The van der Waals surface area contributed by atoms with Crippen molar-refractivity contribution in [3.63, 3.8) is 0 Å². The molecule has 2 aromatic heterocycles. The summed E-state index contributed by atoms with van der Waals surface area (Å²) in [6.45, 7) is 2.11. The normalized spacial score (nSPS) is 14.8. The van der Waals surface area contributed by atoms with Gasteiger partial charge in [0.05, 0.1) is 22.9 Å². The van der Waals surface area contributed by atoms with E-state index in [-0.39, 0.29) is 11.5 Å². The number of hydrogen-bond acceptors (Lipinski definition) is 6. The summed E-state index contributed by atoms with van der Waals surface area (Å²) in [4.78, 5) is 33.8. The minimum atomic E-state index is -0.590. The van der Waals surface area contributed by atoms with Crippen LogP contribution < -0.4 is 24.9 Å². The second-order valence-electron chi connectivity index (χ2n) is 9.76. The molecule has 0 spiro atoms. The van der Waals surface area contributed by atoms with Crippen LogP contribution in [0.25, 0.3) is 6.08 Å². The summed E-state index contributed by atoms with van der Waals surface area (Å²) in [7, 11) is 0. The molecule has 1 atom stereocenters. The number of allylic oxidation sites excluding steroid dienone is 1. The van der Waals surface area contributed by atoms with Gasteiger partial charge in [0.2, 0.25) is 0 Å². The highest BCUT2D eigenvalue weighted by Crippen LogP contribution is 2.34. The van der Waals surface area contributed by atoms with E-state index < -0.39 is 6.04 Å². The van der Waals surface area contributed by atoms with Crippen molar-refractivity contribution in [1.29, 1.82) is 0 Å². The van der Waals surface area contributed by atoms with Crippen LogP contribution in [-0.2, 0) is 11.4 Å². The van der Waals surface area contributed by atoms with Gasteiger partial charge in [0.1, 0.15) is 18.4 Å². The molecule has 0 radical (unpaired) electrons. The second kappa shape index (κ2) is 13.5. The van der Waals surface area contributed by atoms with Crippen LogP contribution in [0.1, 0.15) is 29.0 Å². The van der Waals surface area contributed by atoms with Crippen LogP contribution in [0, 0.1) is 7.14 Å². The van der Waals surface area contributed by atoms with Crippen molar-refractivity contribution >= 4 is 109 Å². The number of ether oxygens (including phenoxy) is 1. The maximum Gasteiger partial charge on any atom is 0.271 e. The van der Waals surface area contributed by atoms with E-state index in [2.05, 4.69) is 50.5 Å². The summed E-state index contributed by atoms with van der Waals surface area (Å²) < 4.78 is 10.1. The lowest BCUT2D eigenvalue weighted by Crippen LogP contribution is -2.40. The van der Waals surface area contributed by atoms with Crippen molar-refractivity contribution in [2.24, 2.45) is 4.99 Å². The van der Waals surface area contributed by atoms with E-state index in [9.17, 15) is 9.59 Å². The number of fused-ring (bicyclic) bond motifs is 1. The van der Waals surface area contributed by atoms with E-state index >= 15 is 0 Å². The van der Waals surface area contributed by atoms with Gasteiger partial charge in [-0.2, -0.15) is 0 Å². The van der Waals surface area contributed by atoms with Crippen LogP contribution in [0.3, 0.4) is 0 Å². The van der Waals surface area contributed by atoms with Gasteiger partial charge in [-0.05, 0) is 112 Å². The second-order valence-corrected chi connectivity index (χ2v) is 14.9. The van der Waals surface area contributed by atoms with E-state index in [4.69, 9.17) is 32.9 Å². The first-order valence-electron chi connectivity index (χ1n) is 13.2. The van der Waals surface area contributed by atoms with Crippen molar-refractivity contribution in [1.82, 2.24) is 4.57 Å². The summed E-state index contributed by atoms with van der Waals surface area (Å²) in [5.41, 5.74) is 3.18. The smallest absolute Gasteiger partial charge is 0.271 e. The lowest BCUT2D eigenvalue weighted by Gasteiger charge is -2.24.